The van der Waals surface area contributed by atoms with Gasteiger partial charge in [-0.2, -0.15) is 0 Å². The molecular formula is C14H21F2NO2. The van der Waals surface area contributed by atoms with Crippen LogP contribution >= 0.6 is 0 Å². The molecule has 0 saturated carbocycles. The van der Waals surface area contributed by atoms with E-state index in [9.17, 15) is 13.9 Å². The Morgan fingerprint density at radius 2 is 1.89 bits per heavy atom. The van der Waals surface area contributed by atoms with Gasteiger partial charge in [-0.25, -0.2) is 8.78 Å². The number of hydrogen-bond acceptors (Lipinski definition) is 3. The lowest BCUT2D eigenvalue weighted by Gasteiger charge is -2.26. The third-order valence-electron chi connectivity index (χ3n) is 3.15. The number of aliphatic hydroxyl groups is 2. The van der Waals surface area contributed by atoms with Gasteiger partial charge in [0.25, 0.3) is 0 Å². The summed E-state index contributed by atoms with van der Waals surface area (Å²) in [7, 11) is 0. The number of benzene rings is 1. The largest absolute Gasteiger partial charge is 0.395 e. The summed E-state index contributed by atoms with van der Waals surface area (Å²) in [6, 6.07) is 4.01. The molecule has 0 amide bonds. The zero-order valence-corrected chi connectivity index (χ0v) is 11.3. The van der Waals surface area contributed by atoms with Crippen LogP contribution in [0.2, 0.25) is 0 Å². The van der Waals surface area contributed by atoms with Gasteiger partial charge in [-0.1, -0.05) is 12.1 Å². The van der Waals surface area contributed by atoms with Crippen molar-refractivity contribution in [2.45, 2.75) is 32.4 Å². The normalized spacial score (nSPS) is 13.3. The molecule has 1 aromatic rings. The van der Waals surface area contributed by atoms with Crippen LogP contribution in [0.1, 0.15) is 31.9 Å². The fourth-order valence-electron chi connectivity index (χ4n) is 1.98. The maximum atomic E-state index is 13.5. The van der Waals surface area contributed by atoms with E-state index in [-0.39, 0.29) is 18.2 Å². The molecule has 0 aliphatic rings. The SMILES string of the molecule is CC(C)N(CCO)CCC(O)c1cccc(F)c1F. The van der Waals surface area contributed by atoms with Gasteiger partial charge >= 0.3 is 0 Å². The Bertz CT molecular complexity index is 399. The molecule has 108 valence electrons. The van der Waals surface area contributed by atoms with Gasteiger partial charge < -0.3 is 10.2 Å². The van der Waals surface area contributed by atoms with Crippen molar-refractivity contribution in [1.82, 2.24) is 4.90 Å². The molecule has 1 unspecified atom stereocenters. The highest BCUT2D eigenvalue weighted by Crippen LogP contribution is 2.22. The van der Waals surface area contributed by atoms with Crippen LogP contribution in [0.25, 0.3) is 0 Å². The quantitative estimate of drug-likeness (QED) is 0.799. The van der Waals surface area contributed by atoms with Gasteiger partial charge in [-0.3, -0.25) is 4.90 Å². The minimum atomic E-state index is -1.05. The second-order valence-corrected chi connectivity index (χ2v) is 4.80. The lowest BCUT2D eigenvalue weighted by Crippen LogP contribution is -2.35. The zero-order chi connectivity index (χ0) is 14.4. The molecule has 2 N–H and O–H groups in total. The molecule has 1 atom stereocenters. The van der Waals surface area contributed by atoms with E-state index in [0.29, 0.717) is 19.5 Å². The van der Waals surface area contributed by atoms with E-state index in [1.165, 1.54) is 12.1 Å². The van der Waals surface area contributed by atoms with E-state index in [4.69, 9.17) is 5.11 Å². The summed E-state index contributed by atoms with van der Waals surface area (Å²) in [5.41, 5.74) is -0.0206. The molecule has 0 bridgehead atoms. The first-order valence-electron chi connectivity index (χ1n) is 6.44. The van der Waals surface area contributed by atoms with Crippen LogP contribution in [0, 0.1) is 11.6 Å². The molecule has 0 fully saturated rings. The minimum absolute atomic E-state index is 0.0206. The molecule has 19 heavy (non-hydrogen) atoms. The topological polar surface area (TPSA) is 43.7 Å². The van der Waals surface area contributed by atoms with Crippen molar-refractivity contribution in [2.75, 3.05) is 19.7 Å². The van der Waals surface area contributed by atoms with Crippen molar-refractivity contribution >= 4 is 0 Å². The fraction of sp³-hybridized carbons (Fsp3) is 0.571. The maximum absolute atomic E-state index is 13.5. The second-order valence-electron chi connectivity index (χ2n) is 4.80. The summed E-state index contributed by atoms with van der Waals surface area (Å²) in [5, 5.41) is 18.9. The van der Waals surface area contributed by atoms with Crippen molar-refractivity contribution in [3.8, 4) is 0 Å². The standard InChI is InChI=1S/C14H21F2NO2/c1-10(2)17(8-9-18)7-6-13(19)11-4-3-5-12(15)14(11)16/h3-5,10,13,18-19H,6-9H2,1-2H3. The van der Waals surface area contributed by atoms with Gasteiger partial charge in [-0.05, 0) is 26.3 Å². The summed E-state index contributed by atoms with van der Waals surface area (Å²) in [5.74, 6) is -1.94. The Morgan fingerprint density at radius 3 is 2.47 bits per heavy atom. The van der Waals surface area contributed by atoms with Crippen LogP contribution in [0.3, 0.4) is 0 Å². The minimum Gasteiger partial charge on any atom is -0.395 e. The first-order valence-corrected chi connectivity index (χ1v) is 6.44. The van der Waals surface area contributed by atoms with Crippen LogP contribution in [0.5, 0.6) is 0 Å². The monoisotopic (exact) mass is 273 g/mol. The predicted molar refractivity (Wildman–Crippen MR) is 69.7 cm³/mol. The molecule has 0 aromatic heterocycles. The Labute approximate surface area is 112 Å². The highest BCUT2D eigenvalue weighted by atomic mass is 19.2. The highest BCUT2D eigenvalue weighted by molar-refractivity contribution is 5.21. The fourth-order valence-corrected chi connectivity index (χ4v) is 1.98. The van der Waals surface area contributed by atoms with Crippen LogP contribution in [-0.2, 0) is 0 Å². The summed E-state index contributed by atoms with van der Waals surface area (Å²) < 4.78 is 26.6. The van der Waals surface area contributed by atoms with Gasteiger partial charge in [0, 0.05) is 24.7 Å². The zero-order valence-electron chi connectivity index (χ0n) is 11.3. The molecule has 5 heteroatoms. The van der Waals surface area contributed by atoms with Gasteiger partial charge in [0.15, 0.2) is 11.6 Å². The first kappa shape index (κ1) is 16.0. The lowest BCUT2D eigenvalue weighted by molar-refractivity contribution is 0.113. The van der Waals surface area contributed by atoms with Crippen molar-refractivity contribution in [2.24, 2.45) is 0 Å². The molecule has 1 aromatic carbocycles. The smallest absolute Gasteiger partial charge is 0.164 e. The lowest BCUT2D eigenvalue weighted by atomic mass is 10.1. The van der Waals surface area contributed by atoms with Crippen LogP contribution in [-0.4, -0.2) is 40.9 Å². The molecular weight excluding hydrogens is 252 g/mol. The first-order chi connectivity index (χ1) is 8.97. The van der Waals surface area contributed by atoms with Crippen molar-refractivity contribution in [3.05, 3.63) is 35.4 Å². The van der Waals surface area contributed by atoms with Crippen LogP contribution in [0.4, 0.5) is 8.78 Å². The second kappa shape index (κ2) is 7.53. The molecule has 0 aliphatic heterocycles. The Balaban J connectivity index is 2.64. The number of aliphatic hydroxyl groups excluding tert-OH is 2. The predicted octanol–water partition coefficient (Wildman–Crippen LogP) is 2.09. The van der Waals surface area contributed by atoms with Gasteiger partial charge in [-0.15, -0.1) is 0 Å². The van der Waals surface area contributed by atoms with Crippen molar-refractivity contribution < 1.29 is 19.0 Å². The summed E-state index contributed by atoms with van der Waals surface area (Å²) in [6.07, 6.45) is -0.755. The molecule has 3 nitrogen and oxygen atoms in total. The molecule has 0 spiro atoms. The van der Waals surface area contributed by atoms with Gasteiger partial charge in [0.05, 0.1) is 12.7 Å². The van der Waals surface area contributed by atoms with E-state index in [2.05, 4.69) is 0 Å². The highest BCUT2D eigenvalue weighted by Gasteiger charge is 2.17. The maximum Gasteiger partial charge on any atom is 0.164 e. The van der Waals surface area contributed by atoms with Crippen molar-refractivity contribution in [3.63, 3.8) is 0 Å². The Hall–Kier alpha value is -1.04. The number of rotatable bonds is 7. The molecule has 0 aliphatic carbocycles. The summed E-state index contributed by atoms with van der Waals surface area (Å²) in [4.78, 5) is 1.97. The van der Waals surface area contributed by atoms with Crippen molar-refractivity contribution in [1.29, 1.82) is 0 Å². The third-order valence-corrected chi connectivity index (χ3v) is 3.15. The Kier molecular flexibility index (Phi) is 6.34. The molecule has 0 heterocycles. The number of halogens is 2. The van der Waals surface area contributed by atoms with Gasteiger partial charge in [0.1, 0.15) is 0 Å². The summed E-state index contributed by atoms with van der Waals surface area (Å²) >= 11 is 0. The number of nitrogens with zero attached hydrogens (tertiary/aromatic N) is 1. The average molecular weight is 273 g/mol. The molecule has 1 rings (SSSR count). The van der Waals surface area contributed by atoms with E-state index in [0.717, 1.165) is 6.07 Å². The third kappa shape index (κ3) is 4.53. The van der Waals surface area contributed by atoms with E-state index in [1.54, 1.807) is 0 Å². The van der Waals surface area contributed by atoms with E-state index < -0.39 is 17.7 Å². The summed E-state index contributed by atoms with van der Waals surface area (Å²) in [6.45, 7) is 4.99. The average Bonchev–Trinajstić information content (AvgIpc) is 2.37. The molecule has 0 radical (unpaired) electrons. The Morgan fingerprint density at radius 1 is 1.21 bits per heavy atom. The van der Waals surface area contributed by atoms with Gasteiger partial charge in [0.2, 0.25) is 0 Å². The molecule has 0 saturated heterocycles. The van der Waals surface area contributed by atoms with Crippen LogP contribution in [0.15, 0.2) is 18.2 Å². The van der Waals surface area contributed by atoms with E-state index in [1.807, 2.05) is 18.7 Å². The van der Waals surface area contributed by atoms with Crippen LogP contribution < -0.4 is 0 Å². The number of hydrogen-bond donors (Lipinski definition) is 2. The van der Waals surface area contributed by atoms with E-state index >= 15 is 0 Å².